The minimum Gasteiger partial charge on any atom is -0.331 e. The van der Waals surface area contributed by atoms with Gasteiger partial charge in [-0.2, -0.15) is 0 Å². The molecule has 0 aromatic carbocycles. The Bertz CT molecular complexity index is 716. The van der Waals surface area contributed by atoms with Crippen LogP contribution in [0.15, 0.2) is 43.1 Å². The van der Waals surface area contributed by atoms with Gasteiger partial charge in [-0.05, 0) is 38.0 Å². The van der Waals surface area contributed by atoms with E-state index in [2.05, 4.69) is 26.8 Å². The quantitative estimate of drug-likeness (QED) is 0.879. The first kappa shape index (κ1) is 15.1. The molecule has 1 aliphatic rings. The smallest absolute Gasteiger partial charge is 0.246 e. The highest BCUT2D eigenvalue weighted by Crippen LogP contribution is 2.32. The molecule has 0 unspecified atom stereocenters. The number of likely N-dealkylation sites (tertiary alicyclic amines) is 1. The van der Waals surface area contributed by atoms with Gasteiger partial charge in [0, 0.05) is 18.8 Å². The van der Waals surface area contributed by atoms with Crippen molar-refractivity contribution in [3.63, 3.8) is 0 Å². The molecule has 1 amide bonds. The number of hydrogen-bond acceptors (Lipinski definition) is 5. The monoisotopic (exact) mass is 309 g/mol. The van der Waals surface area contributed by atoms with Crippen LogP contribution < -0.4 is 5.32 Å². The fraction of sp³-hybridized carbons (Fsp3) is 0.294. The predicted octanol–water partition coefficient (Wildman–Crippen LogP) is 2.77. The summed E-state index contributed by atoms with van der Waals surface area (Å²) in [5, 5.41) is 3.18. The van der Waals surface area contributed by atoms with Gasteiger partial charge in [-0.3, -0.25) is 4.79 Å². The summed E-state index contributed by atoms with van der Waals surface area (Å²) in [4.78, 5) is 27.0. The van der Waals surface area contributed by atoms with Crippen molar-refractivity contribution in [2.45, 2.75) is 25.8 Å². The fourth-order valence-corrected chi connectivity index (χ4v) is 2.85. The Morgan fingerprint density at radius 2 is 2.26 bits per heavy atom. The van der Waals surface area contributed by atoms with E-state index in [-0.39, 0.29) is 11.9 Å². The van der Waals surface area contributed by atoms with Gasteiger partial charge in [-0.1, -0.05) is 12.6 Å². The molecule has 6 nitrogen and oxygen atoms in total. The number of aryl methyl sites for hydroxylation is 1. The number of rotatable bonds is 4. The highest BCUT2D eigenvalue weighted by Gasteiger charge is 2.30. The third-order valence-electron chi connectivity index (χ3n) is 3.83. The van der Waals surface area contributed by atoms with Gasteiger partial charge in [-0.25, -0.2) is 15.0 Å². The van der Waals surface area contributed by atoms with Crippen LogP contribution in [-0.4, -0.2) is 32.3 Å². The molecule has 1 aliphatic heterocycles. The van der Waals surface area contributed by atoms with Crippen LogP contribution in [0.4, 0.5) is 11.6 Å². The standard InChI is InChI=1S/C17H19N5O/c1-3-17(23)22-10-6-7-14(22)13-11-16(20-12(2)19-13)21-15-8-4-5-9-18-15/h3-5,8-9,11,14H,1,6-7,10H2,2H3,(H,18,19,20,21)/t14-/m0/s1. The molecule has 23 heavy (non-hydrogen) atoms. The molecule has 2 aromatic rings. The van der Waals surface area contributed by atoms with Crippen LogP contribution in [0.3, 0.4) is 0 Å². The average Bonchev–Trinajstić information content (AvgIpc) is 3.04. The largest absolute Gasteiger partial charge is 0.331 e. The second-order valence-electron chi connectivity index (χ2n) is 5.46. The van der Waals surface area contributed by atoms with Crippen LogP contribution in [-0.2, 0) is 4.79 Å². The second kappa shape index (κ2) is 6.56. The molecule has 1 N–H and O–H groups in total. The number of amides is 1. The van der Waals surface area contributed by atoms with Crippen molar-refractivity contribution in [3.05, 3.63) is 54.6 Å². The van der Waals surface area contributed by atoms with Gasteiger partial charge in [-0.15, -0.1) is 0 Å². The lowest BCUT2D eigenvalue weighted by Gasteiger charge is -2.23. The fourth-order valence-electron chi connectivity index (χ4n) is 2.85. The van der Waals surface area contributed by atoms with Crippen molar-refractivity contribution < 1.29 is 4.79 Å². The number of carbonyl (C=O) groups excluding carboxylic acids is 1. The molecular weight excluding hydrogens is 290 g/mol. The summed E-state index contributed by atoms with van der Waals surface area (Å²) in [5.74, 6) is 2.02. The van der Waals surface area contributed by atoms with Crippen molar-refractivity contribution in [1.29, 1.82) is 0 Å². The van der Waals surface area contributed by atoms with Crippen molar-refractivity contribution in [2.24, 2.45) is 0 Å². The molecule has 3 heterocycles. The van der Waals surface area contributed by atoms with E-state index < -0.39 is 0 Å². The Labute approximate surface area is 135 Å². The highest BCUT2D eigenvalue weighted by atomic mass is 16.2. The normalized spacial score (nSPS) is 17.1. The SMILES string of the molecule is C=CC(=O)N1CCC[C@H]1c1cc(Nc2ccccn2)nc(C)n1. The van der Waals surface area contributed by atoms with Gasteiger partial charge >= 0.3 is 0 Å². The van der Waals surface area contributed by atoms with E-state index in [1.165, 1.54) is 6.08 Å². The summed E-state index contributed by atoms with van der Waals surface area (Å²) in [6.45, 7) is 6.17. The van der Waals surface area contributed by atoms with Crippen molar-refractivity contribution in [1.82, 2.24) is 19.9 Å². The van der Waals surface area contributed by atoms with E-state index in [1.54, 1.807) is 6.20 Å². The van der Waals surface area contributed by atoms with Crippen LogP contribution in [0.5, 0.6) is 0 Å². The maximum absolute atomic E-state index is 12.0. The lowest BCUT2D eigenvalue weighted by atomic mass is 10.1. The van der Waals surface area contributed by atoms with Gasteiger partial charge in [0.25, 0.3) is 0 Å². The van der Waals surface area contributed by atoms with Crippen LogP contribution in [0.2, 0.25) is 0 Å². The summed E-state index contributed by atoms with van der Waals surface area (Å²) < 4.78 is 0. The molecule has 1 atom stereocenters. The molecule has 0 radical (unpaired) electrons. The van der Waals surface area contributed by atoms with Crippen LogP contribution in [0.25, 0.3) is 0 Å². The maximum Gasteiger partial charge on any atom is 0.246 e. The molecule has 118 valence electrons. The summed E-state index contributed by atoms with van der Waals surface area (Å²) in [7, 11) is 0. The van der Waals surface area contributed by atoms with Crippen molar-refractivity contribution in [2.75, 3.05) is 11.9 Å². The molecular formula is C17H19N5O. The van der Waals surface area contributed by atoms with Crippen molar-refractivity contribution >= 4 is 17.5 Å². The first-order valence-electron chi connectivity index (χ1n) is 7.64. The van der Waals surface area contributed by atoms with Gasteiger partial charge in [0.2, 0.25) is 5.91 Å². The zero-order valence-electron chi connectivity index (χ0n) is 13.1. The zero-order chi connectivity index (χ0) is 16.2. The third-order valence-corrected chi connectivity index (χ3v) is 3.83. The summed E-state index contributed by atoms with van der Waals surface area (Å²) in [6.07, 6.45) is 4.95. The lowest BCUT2D eigenvalue weighted by molar-refractivity contribution is -0.126. The lowest BCUT2D eigenvalue weighted by Crippen LogP contribution is -2.29. The number of nitrogens with zero attached hydrogens (tertiary/aromatic N) is 4. The van der Waals surface area contributed by atoms with Crippen LogP contribution in [0.1, 0.15) is 30.4 Å². The Balaban J connectivity index is 1.88. The van der Waals surface area contributed by atoms with E-state index in [9.17, 15) is 4.79 Å². The Kier molecular flexibility index (Phi) is 4.32. The average molecular weight is 309 g/mol. The van der Waals surface area contributed by atoms with Crippen LogP contribution >= 0.6 is 0 Å². The number of anilines is 2. The van der Waals surface area contributed by atoms with E-state index in [4.69, 9.17) is 0 Å². The Hall–Kier alpha value is -2.76. The van der Waals surface area contributed by atoms with Gasteiger partial charge in [0.05, 0.1) is 11.7 Å². The first-order valence-corrected chi connectivity index (χ1v) is 7.64. The van der Waals surface area contributed by atoms with Crippen LogP contribution in [0, 0.1) is 6.92 Å². The summed E-state index contributed by atoms with van der Waals surface area (Å²) in [6, 6.07) is 7.51. The minimum absolute atomic E-state index is 0.0218. The number of pyridine rings is 1. The Morgan fingerprint density at radius 3 is 3.00 bits per heavy atom. The molecule has 0 saturated carbocycles. The highest BCUT2D eigenvalue weighted by molar-refractivity contribution is 5.87. The molecule has 1 fully saturated rings. The maximum atomic E-state index is 12.0. The first-order chi connectivity index (χ1) is 11.2. The van der Waals surface area contributed by atoms with E-state index in [0.29, 0.717) is 11.6 Å². The zero-order valence-corrected chi connectivity index (χ0v) is 13.1. The van der Waals surface area contributed by atoms with Gasteiger partial charge in [0.1, 0.15) is 17.5 Å². The van der Waals surface area contributed by atoms with E-state index in [1.807, 2.05) is 36.1 Å². The molecule has 1 saturated heterocycles. The minimum atomic E-state index is -0.0528. The third kappa shape index (κ3) is 3.36. The molecule has 0 spiro atoms. The molecule has 2 aromatic heterocycles. The van der Waals surface area contributed by atoms with Crippen molar-refractivity contribution in [3.8, 4) is 0 Å². The van der Waals surface area contributed by atoms with E-state index >= 15 is 0 Å². The molecule has 6 heteroatoms. The molecule has 0 bridgehead atoms. The summed E-state index contributed by atoms with van der Waals surface area (Å²) in [5.41, 5.74) is 0.851. The van der Waals surface area contributed by atoms with E-state index in [0.717, 1.165) is 30.9 Å². The number of nitrogens with one attached hydrogen (secondary N) is 1. The second-order valence-corrected chi connectivity index (χ2v) is 5.46. The number of aromatic nitrogens is 3. The number of carbonyl (C=O) groups is 1. The topological polar surface area (TPSA) is 71.0 Å². The number of hydrogen-bond donors (Lipinski definition) is 1. The Morgan fingerprint density at radius 1 is 1.39 bits per heavy atom. The van der Waals surface area contributed by atoms with Gasteiger partial charge in [0.15, 0.2) is 0 Å². The van der Waals surface area contributed by atoms with Gasteiger partial charge < -0.3 is 10.2 Å². The molecule has 0 aliphatic carbocycles. The summed E-state index contributed by atoms with van der Waals surface area (Å²) >= 11 is 0. The molecule has 3 rings (SSSR count). The predicted molar refractivity (Wildman–Crippen MR) is 88.2 cm³/mol.